The quantitative estimate of drug-likeness (QED) is 0.143. The molecule has 0 amide bonds. The Kier molecular flexibility index (Phi) is 6.41. The van der Waals surface area contributed by atoms with Crippen molar-refractivity contribution in [1.29, 1.82) is 0 Å². The molecule has 5 aliphatic rings. The van der Waals surface area contributed by atoms with Crippen LogP contribution in [-0.2, 0) is 16.2 Å². The highest BCUT2D eigenvalue weighted by atomic mass is 16.3. The number of aromatic nitrogens is 1. The van der Waals surface area contributed by atoms with Crippen LogP contribution in [-0.4, -0.2) is 17.4 Å². The van der Waals surface area contributed by atoms with E-state index in [1.54, 1.807) is 0 Å². The van der Waals surface area contributed by atoms with Gasteiger partial charge in [0, 0.05) is 44.5 Å². The molecule has 3 aliphatic heterocycles. The van der Waals surface area contributed by atoms with E-state index in [0.717, 1.165) is 17.6 Å². The van der Waals surface area contributed by atoms with E-state index in [0.29, 0.717) is 12.0 Å². The Morgan fingerprint density at radius 2 is 1.26 bits per heavy atom. The van der Waals surface area contributed by atoms with Crippen LogP contribution in [0.2, 0.25) is 0 Å². The van der Waals surface area contributed by atoms with Crippen LogP contribution < -0.4 is 15.8 Å². The SMILES string of the molecule is CC(C)(C)c1ccc2c(c1)c1cc(C(C)(C)C)cc3c1n2B1c2cccc4c2N(c2c1c-3cc1oc3ccccc3c21)C1CCCCC1C41c2ccccc2-c2ccccc21. The lowest BCUT2D eigenvalue weighted by Gasteiger charge is -2.58. The predicted octanol–water partition coefficient (Wildman–Crippen LogP) is 13.3. The van der Waals surface area contributed by atoms with Crippen molar-refractivity contribution in [2.45, 2.75) is 89.5 Å². The van der Waals surface area contributed by atoms with Gasteiger partial charge in [0.2, 0.25) is 0 Å². The molecular weight excluding hydrogens is 739 g/mol. The Balaban J connectivity index is 1.20. The second-order valence-corrected chi connectivity index (χ2v) is 21.1. The summed E-state index contributed by atoms with van der Waals surface area (Å²) in [6.07, 6.45) is 4.84. The van der Waals surface area contributed by atoms with Crippen LogP contribution in [0.4, 0.5) is 11.4 Å². The maximum Gasteiger partial charge on any atom is 0.333 e. The Morgan fingerprint density at radius 3 is 2.03 bits per heavy atom. The summed E-state index contributed by atoms with van der Waals surface area (Å²) in [5.41, 5.74) is 22.7. The summed E-state index contributed by atoms with van der Waals surface area (Å²) in [6.45, 7) is 14.1. The normalized spacial score (nSPS) is 19.1. The fraction of sp³-hybridized carbons (Fsp3) is 0.263. The molecular formula is C57H49BN2O. The zero-order valence-electron chi connectivity index (χ0n) is 36.0. The van der Waals surface area contributed by atoms with Crippen LogP contribution >= 0.6 is 0 Å². The molecule has 2 aromatic heterocycles. The summed E-state index contributed by atoms with van der Waals surface area (Å²) in [4.78, 5) is 2.92. The summed E-state index contributed by atoms with van der Waals surface area (Å²) < 4.78 is 9.81. The first-order chi connectivity index (χ1) is 29.5. The third-order valence-corrected chi connectivity index (χ3v) is 16.0. The molecule has 4 heteroatoms. The van der Waals surface area contributed by atoms with Crippen molar-refractivity contribution >= 4 is 72.9 Å². The van der Waals surface area contributed by atoms with Gasteiger partial charge in [-0.05, 0) is 121 Å². The van der Waals surface area contributed by atoms with Crippen molar-refractivity contribution in [3.05, 3.63) is 155 Å². The minimum Gasteiger partial charge on any atom is -0.456 e. The van der Waals surface area contributed by atoms with Crippen LogP contribution in [0.3, 0.4) is 0 Å². The van der Waals surface area contributed by atoms with Gasteiger partial charge in [-0.15, -0.1) is 0 Å². The molecule has 2 unspecified atom stereocenters. The molecule has 0 saturated heterocycles. The highest BCUT2D eigenvalue weighted by Gasteiger charge is 2.60. The molecule has 1 spiro atoms. The van der Waals surface area contributed by atoms with Gasteiger partial charge in [-0.25, -0.2) is 0 Å². The highest BCUT2D eigenvalue weighted by molar-refractivity contribution is 6.90. The number of hydrogen-bond donors (Lipinski definition) is 0. The molecule has 0 N–H and O–H groups in total. The number of anilines is 2. The van der Waals surface area contributed by atoms with Crippen molar-refractivity contribution in [1.82, 2.24) is 4.48 Å². The Morgan fingerprint density at radius 1 is 0.574 bits per heavy atom. The minimum atomic E-state index is -0.253. The van der Waals surface area contributed by atoms with E-state index in [-0.39, 0.29) is 23.1 Å². The number of fused-ring (bicyclic) bond motifs is 20. The molecule has 296 valence electrons. The first kappa shape index (κ1) is 34.7. The number of furan rings is 1. The number of hydrogen-bond acceptors (Lipinski definition) is 2. The van der Waals surface area contributed by atoms with Gasteiger partial charge in [-0.3, -0.25) is 0 Å². The van der Waals surface area contributed by atoms with Gasteiger partial charge in [-0.1, -0.05) is 145 Å². The van der Waals surface area contributed by atoms with Gasteiger partial charge in [0.05, 0.1) is 16.5 Å². The molecule has 1 saturated carbocycles. The summed E-state index contributed by atoms with van der Waals surface area (Å²) in [5.74, 6) is 0.396. The Hall–Kier alpha value is -6.00. The molecule has 14 rings (SSSR count). The van der Waals surface area contributed by atoms with E-state index in [9.17, 15) is 0 Å². The molecule has 0 bridgehead atoms. The highest BCUT2D eigenvalue weighted by Crippen LogP contribution is 2.65. The topological polar surface area (TPSA) is 21.3 Å². The summed E-state index contributed by atoms with van der Waals surface area (Å²) in [7, 11) is 0. The molecule has 2 aliphatic carbocycles. The average molecular weight is 789 g/mol. The first-order valence-corrected chi connectivity index (χ1v) is 22.8. The van der Waals surface area contributed by atoms with Crippen molar-refractivity contribution in [2.75, 3.05) is 4.90 Å². The number of benzene rings is 7. The van der Waals surface area contributed by atoms with Crippen LogP contribution in [0.15, 0.2) is 132 Å². The number of nitrogens with zero attached hydrogens (tertiary/aromatic N) is 2. The van der Waals surface area contributed by atoms with Gasteiger partial charge in [0.1, 0.15) is 11.2 Å². The molecule has 0 radical (unpaired) electrons. The molecule has 1 fully saturated rings. The maximum absolute atomic E-state index is 7.03. The van der Waals surface area contributed by atoms with Crippen molar-refractivity contribution in [3.63, 3.8) is 0 Å². The lowest BCUT2D eigenvalue weighted by molar-refractivity contribution is 0.223. The first-order valence-electron chi connectivity index (χ1n) is 22.8. The van der Waals surface area contributed by atoms with Crippen molar-refractivity contribution < 1.29 is 4.42 Å². The molecule has 5 heterocycles. The standard InChI is InChI=1S/C57H49BN2O/c1-55(2,3)32-26-27-46-37(28-32)39-29-33(56(4,5)6)30-40-38-31-49-50(36-18-9-14-25-48(36)61-49)54-51(38)58(60(46)52(39)40)45-23-15-22-44-53(45)59(54)47-24-13-12-21-43(47)57(44)41-19-10-7-16-34(41)35-17-8-11-20-42(35)57/h7-11,14-20,22-23,25-31,43,47H,12-13,21,24H2,1-6H3. The summed E-state index contributed by atoms with van der Waals surface area (Å²) in [5, 5.41) is 5.19. The van der Waals surface area contributed by atoms with E-state index < -0.39 is 0 Å². The minimum absolute atomic E-state index is 0.0215. The molecule has 61 heavy (non-hydrogen) atoms. The molecule has 3 nitrogen and oxygen atoms in total. The van der Waals surface area contributed by atoms with Gasteiger partial charge >= 0.3 is 6.85 Å². The van der Waals surface area contributed by atoms with Crippen LogP contribution in [0, 0.1) is 5.92 Å². The fourth-order valence-corrected chi connectivity index (χ4v) is 13.5. The zero-order chi connectivity index (χ0) is 40.9. The molecule has 9 aromatic rings. The van der Waals surface area contributed by atoms with E-state index in [1.165, 1.54) is 124 Å². The Labute approximate surface area is 358 Å². The fourth-order valence-electron chi connectivity index (χ4n) is 13.5. The van der Waals surface area contributed by atoms with Gasteiger partial charge in [-0.2, -0.15) is 0 Å². The lowest BCUT2D eigenvalue weighted by Crippen LogP contribution is -2.64. The van der Waals surface area contributed by atoms with E-state index >= 15 is 0 Å². The molecule has 2 atom stereocenters. The van der Waals surface area contributed by atoms with Crippen LogP contribution in [0.25, 0.3) is 66.0 Å². The van der Waals surface area contributed by atoms with Crippen molar-refractivity contribution in [2.24, 2.45) is 5.92 Å². The summed E-state index contributed by atoms with van der Waals surface area (Å²) in [6, 6.07) is 50.3. The maximum atomic E-state index is 7.03. The van der Waals surface area contributed by atoms with Gasteiger partial charge in [0.15, 0.2) is 0 Å². The third kappa shape index (κ3) is 4.09. The lowest BCUT2D eigenvalue weighted by atomic mass is 9.42. The number of rotatable bonds is 0. The molecule has 7 aromatic carbocycles. The van der Waals surface area contributed by atoms with E-state index in [4.69, 9.17) is 4.42 Å². The van der Waals surface area contributed by atoms with E-state index in [2.05, 4.69) is 178 Å². The average Bonchev–Trinajstić information content (AvgIpc) is 3.90. The van der Waals surface area contributed by atoms with Gasteiger partial charge < -0.3 is 13.8 Å². The second kappa shape index (κ2) is 11.3. The smallest absolute Gasteiger partial charge is 0.333 e. The van der Waals surface area contributed by atoms with Gasteiger partial charge in [0.25, 0.3) is 0 Å². The monoisotopic (exact) mass is 788 g/mol. The number of para-hydroxylation sites is 2. The van der Waals surface area contributed by atoms with Crippen LogP contribution in [0.1, 0.15) is 95.0 Å². The second-order valence-electron chi connectivity index (χ2n) is 21.1. The zero-order valence-corrected chi connectivity index (χ0v) is 36.0. The van der Waals surface area contributed by atoms with Crippen molar-refractivity contribution in [3.8, 4) is 22.3 Å². The predicted molar refractivity (Wildman–Crippen MR) is 256 cm³/mol. The third-order valence-electron chi connectivity index (χ3n) is 16.0. The largest absolute Gasteiger partial charge is 0.456 e. The Bertz CT molecular complexity index is 3390. The summed E-state index contributed by atoms with van der Waals surface area (Å²) >= 11 is 0. The van der Waals surface area contributed by atoms with Crippen LogP contribution in [0.5, 0.6) is 0 Å². The van der Waals surface area contributed by atoms with E-state index in [1.807, 2.05) is 0 Å².